The number of aromatic nitrogens is 1. The Morgan fingerprint density at radius 3 is 2.51 bits per heavy atom. The van der Waals surface area contributed by atoms with Gasteiger partial charge in [0.2, 0.25) is 0 Å². The van der Waals surface area contributed by atoms with Crippen molar-refractivity contribution in [3.8, 4) is 17.0 Å². The van der Waals surface area contributed by atoms with Gasteiger partial charge in [0.25, 0.3) is 5.91 Å². The number of likely N-dealkylation sites (tertiary alicyclic amines) is 1. The van der Waals surface area contributed by atoms with Crippen molar-refractivity contribution in [2.75, 3.05) is 41.3 Å². The van der Waals surface area contributed by atoms with Gasteiger partial charge in [0.15, 0.2) is 0 Å². The molecule has 3 N–H and O–H groups in total. The van der Waals surface area contributed by atoms with Crippen LogP contribution in [0.15, 0.2) is 36.4 Å². The first-order valence-electron chi connectivity index (χ1n) is 17.8. The minimum atomic E-state index is -3.97. The quantitative estimate of drug-likeness (QED) is 0.314. The van der Waals surface area contributed by atoms with E-state index in [1.807, 2.05) is 18.2 Å². The number of hydrogen-bond donors (Lipinski definition) is 3. The first-order chi connectivity index (χ1) is 23.4. The highest BCUT2D eigenvalue weighted by Gasteiger charge is 2.59. The molecule has 49 heavy (non-hydrogen) atoms. The zero-order valence-electron chi connectivity index (χ0n) is 29.3. The maximum Gasteiger partial charge on any atom is 0.315 e. The number of nitrogens with one attached hydrogen (secondary N) is 3. The molecule has 11 nitrogen and oxygen atoms in total. The zero-order chi connectivity index (χ0) is 34.7. The van der Waals surface area contributed by atoms with Crippen molar-refractivity contribution in [1.29, 1.82) is 0 Å². The second-order valence-corrected chi connectivity index (χ2v) is 17.1. The Labute approximate surface area is 289 Å². The molecule has 4 aliphatic rings. The molecule has 3 heterocycles. The summed E-state index contributed by atoms with van der Waals surface area (Å²) in [5.74, 6) is 1.14. The predicted molar refractivity (Wildman–Crippen MR) is 191 cm³/mol. The number of carbonyl (C=O) groups excluding carboxylic acids is 2. The molecule has 3 unspecified atom stereocenters. The summed E-state index contributed by atoms with van der Waals surface area (Å²) in [5.41, 5.74) is 5.31. The van der Waals surface area contributed by atoms with Crippen LogP contribution in [-0.2, 0) is 16.8 Å². The van der Waals surface area contributed by atoms with Crippen LogP contribution in [0.1, 0.15) is 91.6 Å². The fourth-order valence-electron chi connectivity index (χ4n) is 8.78. The molecule has 4 atom stereocenters. The molecule has 3 amide bonds. The first-order valence-corrected chi connectivity index (χ1v) is 19.2. The third-order valence-corrected chi connectivity index (χ3v) is 12.8. The number of ether oxygens (including phenoxy) is 1. The summed E-state index contributed by atoms with van der Waals surface area (Å²) >= 11 is 0. The van der Waals surface area contributed by atoms with Crippen LogP contribution in [0, 0.1) is 5.92 Å². The summed E-state index contributed by atoms with van der Waals surface area (Å²) < 4.78 is 36.3. The van der Waals surface area contributed by atoms with Crippen molar-refractivity contribution >= 4 is 33.1 Å². The lowest BCUT2D eigenvalue weighted by molar-refractivity contribution is 0.0979. The molecule has 0 radical (unpaired) electrons. The predicted octanol–water partition coefficient (Wildman–Crippen LogP) is 5.17. The zero-order valence-corrected chi connectivity index (χ0v) is 30.2. The fraction of sp³-hybridized carbons (Fsp3) is 0.568. The van der Waals surface area contributed by atoms with Gasteiger partial charge in [0.1, 0.15) is 5.75 Å². The molecule has 1 saturated heterocycles. The minimum absolute atomic E-state index is 0.0714. The van der Waals surface area contributed by atoms with E-state index in [4.69, 9.17) is 4.74 Å². The van der Waals surface area contributed by atoms with Gasteiger partial charge in [0, 0.05) is 67.7 Å². The van der Waals surface area contributed by atoms with Crippen LogP contribution in [-0.4, -0.2) is 87.1 Å². The van der Waals surface area contributed by atoms with Gasteiger partial charge in [-0.3, -0.25) is 4.79 Å². The third-order valence-electron chi connectivity index (χ3n) is 11.3. The van der Waals surface area contributed by atoms with Gasteiger partial charge in [-0.25, -0.2) is 9.52 Å². The van der Waals surface area contributed by atoms with Crippen LogP contribution < -0.4 is 20.1 Å². The average molecular weight is 691 g/mol. The van der Waals surface area contributed by atoms with E-state index in [-0.39, 0.29) is 23.6 Å². The summed E-state index contributed by atoms with van der Waals surface area (Å²) in [6.07, 6.45) is 8.53. The van der Waals surface area contributed by atoms with Crippen LogP contribution in [0.4, 0.5) is 4.79 Å². The molecule has 7 rings (SSSR count). The fourth-order valence-corrected chi connectivity index (χ4v) is 9.31. The molecule has 3 fully saturated rings. The molecule has 2 aromatic carbocycles. The smallest absolute Gasteiger partial charge is 0.315 e. The van der Waals surface area contributed by atoms with E-state index in [9.17, 15) is 18.0 Å². The monoisotopic (exact) mass is 690 g/mol. The van der Waals surface area contributed by atoms with Gasteiger partial charge in [-0.2, -0.15) is 12.7 Å². The highest BCUT2D eigenvalue weighted by atomic mass is 32.2. The molecule has 2 saturated carbocycles. The number of rotatable bonds is 7. The highest BCUT2D eigenvalue weighted by Crippen LogP contribution is 2.59. The minimum Gasteiger partial charge on any atom is -0.497 e. The second-order valence-electron chi connectivity index (χ2n) is 15.2. The van der Waals surface area contributed by atoms with Crippen molar-refractivity contribution in [2.24, 2.45) is 5.92 Å². The van der Waals surface area contributed by atoms with Gasteiger partial charge >= 0.3 is 16.2 Å². The Hall–Kier alpha value is -3.61. The van der Waals surface area contributed by atoms with Crippen LogP contribution in [0.5, 0.6) is 5.75 Å². The van der Waals surface area contributed by atoms with Gasteiger partial charge in [-0.05, 0) is 92.4 Å². The molecule has 3 aromatic rings. The number of amides is 3. The summed E-state index contributed by atoms with van der Waals surface area (Å²) in [7, 11) is 2.60. The van der Waals surface area contributed by atoms with Crippen LogP contribution in [0.3, 0.4) is 0 Å². The Morgan fingerprint density at radius 1 is 1.00 bits per heavy atom. The van der Waals surface area contributed by atoms with E-state index in [1.165, 1.54) is 38.9 Å². The summed E-state index contributed by atoms with van der Waals surface area (Å²) in [5, 5.41) is 7.85. The van der Waals surface area contributed by atoms with E-state index in [0.717, 1.165) is 83.0 Å². The highest BCUT2D eigenvalue weighted by molar-refractivity contribution is 7.87. The Kier molecular flexibility index (Phi) is 8.94. The lowest BCUT2D eigenvalue weighted by Gasteiger charge is -2.25. The molecular formula is C37H50N6O5S. The van der Waals surface area contributed by atoms with E-state index in [1.54, 1.807) is 13.2 Å². The average Bonchev–Trinajstić information content (AvgIpc) is 3.73. The summed E-state index contributed by atoms with van der Waals surface area (Å²) in [6.45, 7) is 4.64. The maximum atomic E-state index is 13.8. The molecule has 0 bridgehead atoms. The van der Waals surface area contributed by atoms with E-state index in [0.29, 0.717) is 18.4 Å². The number of urea groups is 1. The SMILES string of the molecule is COc1ccc2c(c1)C1C[C@@]1(NC(=O)NC1CCC(C)CN(C)C1)Cn1c-2c(C2CCCCC2)c2ccc(C(=O)NS(=O)(=O)N(C)C)cc21. The topological polar surface area (TPSA) is 125 Å². The lowest BCUT2D eigenvalue weighted by atomic mass is 9.81. The van der Waals surface area contributed by atoms with Crippen LogP contribution in [0.25, 0.3) is 22.2 Å². The number of methoxy groups -OCH3 is 1. The molecular weight excluding hydrogens is 641 g/mol. The van der Waals surface area contributed by atoms with Crippen LogP contribution in [0.2, 0.25) is 0 Å². The second kappa shape index (κ2) is 12.9. The van der Waals surface area contributed by atoms with Gasteiger partial charge in [-0.1, -0.05) is 32.3 Å². The largest absolute Gasteiger partial charge is 0.497 e. The number of carbonyl (C=O) groups is 2. The molecule has 12 heteroatoms. The van der Waals surface area contributed by atoms with Gasteiger partial charge in [0.05, 0.1) is 18.3 Å². The lowest BCUT2D eigenvalue weighted by Crippen LogP contribution is -2.51. The maximum absolute atomic E-state index is 13.8. The number of benzene rings is 2. The van der Waals surface area contributed by atoms with E-state index < -0.39 is 21.7 Å². The van der Waals surface area contributed by atoms with Crippen molar-refractivity contribution in [2.45, 2.75) is 88.3 Å². The number of nitrogens with zero attached hydrogens (tertiary/aromatic N) is 3. The van der Waals surface area contributed by atoms with Crippen LogP contribution >= 0.6 is 0 Å². The molecule has 2 aliphatic heterocycles. The Bertz CT molecular complexity index is 1880. The summed E-state index contributed by atoms with van der Waals surface area (Å²) in [4.78, 5) is 29.5. The van der Waals surface area contributed by atoms with Crippen molar-refractivity contribution in [3.63, 3.8) is 0 Å². The van der Waals surface area contributed by atoms with Crippen molar-refractivity contribution in [1.82, 2.24) is 29.1 Å². The number of likely N-dealkylation sites (N-methyl/N-ethyl adjacent to an activating group) is 1. The normalized spacial score (nSPS) is 25.8. The summed E-state index contributed by atoms with van der Waals surface area (Å²) in [6, 6.07) is 11.8. The Morgan fingerprint density at radius 2 is 1.78 bits per heavy atom. The first kappa shape index (κ1) is 33.9. The van der Waals surface area contributed by atoms with Gasteiger partial charge < -0.3 is 24.8 Å². The molecule has 0 spiro atoms. The van der Waals surface area contributed by atoms with Gasteiger partial charge in [-0.15, -0.1) is 0 Å². The number of fused-ring (bicyclic) bond motifs is 7. The Balaban J connectivity index is 1.33. The van der Waals surface area contributed by atoms with E-state index >= 15 is 0 Å². The van der Waals surface area contributed by atoms with Crippen molar-refractivity contribution in [3.05, 3.63) is 53.1 Å². The number of hydrogen-bond acceptors (Lipinski definition) is 6. The molecule has 2 aliphatic carbocycles. The third kappa shape index (κ3) is 6.43. The standard InChI is InChI=1S/C37H50N6O5S/c1-23-11-13-26(21-42(4)20-23)38-36(45)39-37-19-31(37)30-18-27(48-5)14-16-28(30)34-33(24-9-7-6-8-10-24)29-15-12-25(17-32(29)43(34)22-37)35(44)40-49(46,47)41(2)3/h12,14-18,23-24,26,31H,6-11,13,19-22H2,1-5H3,(H,40,44)(H2,38,39,45)/t23?,26?,31?,37-/m1/s1. The van der Waals surface area contributed by atoms with E-state index in [2.05, 4.69) is 50.9 Å². The molecule has 264 valence electrons. The molecule has 1 aromatic heterocycles. The van der Waals surface area contributed by atoms with Crippen molar-refractivity contribution < 1.29 is 22.7 Å².